The van der Waals surface area contributed by atoms with Gasteiger partial charge in [-0.25, -0.2) is 4.39 Å². The molecule has 0 atom stereocenters. The van der Waals surface area contributed by atoms with Gasteiger partial charge in [0, 0.05) is 19.2 Å². The molecule has 1 amide bonds. The second-order valence-electron chi connectivity index (χ2n) is 4.47. The Morgan fingerprint density at radius 3 is 2.50 bits per heavy atom. The van der Waals surface area contributed by atoms with E-state index in [0.717, 1.165) is 11.6 Å². The second kappa shape index (κ2) is 6.19. The Hall–Kier alpha value is -2.36. The van der Waals surface area contributed by atoms with Crippen molar-refractivity contribution in [2.75, 3.05) is 6.54 Å². The topological polar surface area (TPSA) is 40.5 Å². The minimum atomic E-state index is -0.565. The van der Waals surface area contributed by atoms with Gasteiger partial charge in [-0.1, -0.05) is 30.3 Å². The normalized spacial score (nSPS) is 10.3. The lowest BCUT2D eigenvalue weighted by Gasteiger charge is -2.21. The van der Waals surface area contributed by atoms with Crippen molar-refractivity contribution in [3.63, 3.8) is 0 Å². The number of carbonyl (C=O) groups excluding carboxylic acids is 1. The fourth-order valence-corrected chi connectivity index (χ4v) is 1.99. The number of phenolic OH excluding ortho intramolecular Hbond substituents is 1. The molecule has 0 radical (unpaired) electrons. The highest BCUT2D eigenvalue weighted by molar-refractivity contribution is 5.96. The lowest BCUT2D eigenvalue weighted by Crippen LogP contribution is -2.30. The molecular formula is C16H16FNO2. The predicted octanol–water partition coefficient (Wildman–Crippen LogP) is 3.19. The summed E-state index contributed by atoms with van der Waals surface area (Å²) in [4.78, 5) is 14.0. The molecule has 0 bridgehead atoms. The van der Waals surface area contributed by atoms with Gasteiger partial charge in [-0.05, 0) is 24.6 Å². The van der Waals surface area contributed by atoms with Gasteiger partial charge in [-0.15, -0.1) is 0 Å². The van der Waals surface area contributed by atoms with Crippen molar-refractivity contribution in [3.05, 3.63) is 65.5 Å². The molecule has 0 aliphatic carbocycles. The molecule has 0 unspecified atom stereocenters. The van der Waals surface area contributed by atoms with Crippen molar-refractivity contribution in [2.24, 2.45) is 0 Å². The summed E-state index contributed by atoms with van der Waals surface area (Å²) >= 11 is 0. The van der Waals surface area contributed by atoms with Crippen molar-refractivity contribution in [1.82, 2.24) is 4.90 Å². The van der Waals surface area contributed by atoms with Crippen LogP contribution in [0.2, 0.25) is 0 Å². The Balaban J connectivity index is 2.21. The summed E-state index contributed by atoms with van der Waals surface area (Å²) in [6, 6.07) is 13.0. The van der Waals surface area contributed by atoms with Crippen LogP contribution in [0, 0.1) is 5.82 Å². The van der Waals surface area contributed by atoms with Gasteiger partial charge < -0.3 is 10.0 Å². The lowest BCUT2D eigenvalue weighted by molar-refractivity contribution is 0.0749. The van der Waals surface area contributed by atoms with E-state index in [1.807, 2.05) is 37.3 Å². The van der Waals surface area contributed by atoms with E-state index in [1.54, 1.807) is 4.90 Å². The van der Waals surface area contributed by atoms with E-state index in [1.165, 1.54) is 12.1 Å². The van der Waals surface area contributed by atoms with Gasteiger partial charge in [0.05, 0.1) is 5.56 Å². The molecule has 1 N–H and O–H groups in total. The third-order valence-corrected chi connectivity index (χ3v) is 3.08. The van der Waals surface area contributed by atoms with E-state index in [4.69, 9.17) is 0 Å². The smallest absolute Gasteiger partial charge is 0.257 e. The van der Waals surface area contributed by atoms with E-state index >= 15 is 0 Å². The number of benzene rings is 2. The van der Waals surface area contributed by atoms with Gasteiger partial charge in [-0.3, -0.25) is 4.79 Å². The average molecular weight is 273 g/mol. The largest absolute Gasteiger partial charge is 0.507 e. The number of phenols is 1. The quantitative estimate of drug-likeness (QED) is 0.929. The molecule has 0 aromatic heterocycles. The molecule has 0 aliphatic heterocycles. The first kappa shape index (κ1) is 14.1. The molecule has 0 spiro atoms. The zero-order valence-corrected chi connectivity index (χ0v) is 11.2. The molecule has 2 aromatic carbocycles. The summed E-state index contributed by atoms with van der Waals surface area (Å²) in [5.74, 6) is -1.21. The Morgan fingerprint density at radius 2 is 1.90 bits per heavy atom. The zero-order valence-electron chi connectivity index (χ0n) is 11.2. The van der Waals surface area contributed by atoms with Crippen LogP contribution in [-0.4, -0.2) is 22.5 Å². The van der Waals surface area contributed by atoms with Crippen LogP contribution in [0.5, 0.6) is 5.75 Å². The van der Waals surface area contributed by atoms with Gasteiger partial charge in [0.15, 0.2) is 0 Å². The Kier molecular flexibility index (Phi) is 4.35. The van der Waals surface area contributed by atoms with Crippen LogP contribution in [-0.2, 0) is 6.54 Å². The van der Waals surface area contributed by atoms with Gasteiger partial charge in [-0.2, -0.15) is 0 Å². The Labute approximate surface area is 117 Å². The second-order valence-corrected chi connectivity index (χ2v) is 4.47. The monoisotopic (exact) mass is 273 g/mol. The highest BCUT2D eigenvalue weighted by Crippen LogP contribution is 2.20. The minimum absolute atomic E-state index is 0.115. The lowest BCUT2D eigenvalue weighted by atomic mass is 10.1. The van der Waals surface area contributed by atoms with Gasteiger partial charge >= 0.3 is 0 Å². The summed E-state index contributed by atoms with van der Waals surface area (Å²) in [6.45, 7) is 2.82. The molecule has 4 heteroatoms. The van der Waals surface area contributed by atoms with Gasteiger partial charge in [0.25, 0.3) is 5.91 Å². The van der Waals surface area contributed by atoms with Crippen LogP contribution in [0.25, 0.3) is 0 Å². The number of aromatic hydroxyl groups is 1. The highest BCUT2D eigenvalue weighted by Gasteiger charge is 2.18. The fraction of sp³-hybridized carbons (Fsp3) is 0.188. The van der Waals surface area contributed by atoms with E-state index < -0.39 is 5.82 Å². The van der Waals surface area contributed by atoms with Crippen LogP contribution in [0.3, 0.4) is 0 Å². The summed E-state index contributed by atoms with van der Waals surface area (Å²) in [5.41, 5.74) is 1.12. The maximum absolute atomic E-state index is 13.0. The van der Waals surface area contributed by atoms with Crippen LogP contribution < -0.4 is 0 Å². The zero-order chi connectivity index (χ0) is 14.5. The molecule has 2 rings (SSSR count). The minimum Gasteiger partial charge on any atom is -0.507 e. The Morgan fingerprint density at radius 1 is 1.20 bits per heavy atom. The number of amides is 1. The molecule has 2 aromatic rings. The van der Waals surface area contributed by atoms with E-state index in [-0.39, 0.29) is 17.2 Å². The summed E-state index contributed by atoms with van der Waals surface area (Å²) < 4.78 is 13.0. The Bertz CT molecular complexity index is 599. The SMILES string of the molecule is CCN(Cc1ccccc1)C(=O)c1ccc(F)cc1O. The number of halogens is 1. The first-order chi connectivity index (χ1) is 9.61. The van der Waals surface area contributed by atoms with Crippen molar-refractivity contribution >= 4 is 5.91 Å². The molecule has 20 heavy (non-hydrogen) atoms. The molecule has 0 saturated heterocycles. The number of hydrogen-bond donors (Lipinski definition) is 1. The first-order valence-corrected chi connectivity index (χ1v) is 6.43. The molecule has 0 heterocycles. The standard InChI is InChI=1S/C16H16FNO2/c1-2-18(11-12-6-4-3-5-7-12)16(20)14-9-8-13(17)10-15(14)19/h3-10,19H,2,11H2,1H3. The number of carbonyl (C=O) groups is 1. The highest BCUT2D eigenvalue weighted by atomic mass is 19.1. The maximum Gasteiger partial charge on any atom is 0.257 e. The first-order valence-electron chi connectivity index (χ1n) is 6.43. The van der Waals surface area contributed by atoms with E-state index in [9.17, 15) is 14.3 Å². The van der Waals surface area contributed by atoms with Crippen molar-refractivity contribution in [1.29, 1.82) is 0 Å². The number of rotatable bonds is 4. The molecule has 0 saturated carbocycles. The van der Waals surface area contributed by atoms with E-state index in [0.29, 0.717) is 13.1 Å². The number of hydrogen-bond acceptors (Lipinski definition) is 2. The van der Waals surface area contributed by atoms with Crippen LogP contribution >= 0.6 is 0 Å². The summed E-state index contributed by atoms with van der Waals surface area (Å²) in [7, 11) is 0. The fourth-order valence-electron chi connectivity index (χ4n) is 1.99. The molecule has 0 aliphatic rings. The number of nitrogens with zero attached hydrogens (tertiary/aromatic N) is 1. The van der Waals surface area contributed by atoms with Crippen molar-refractivity contribution in [2.45, 2.75) is 13.5 Å². The van der Waals surface area contributed by atoms with Crippen LogP contribution in [0.1, 0.15) is 22.8 Å². The predicted molar refractivity (Wildman–Crippen MR) is 74.9 cm³/mol. The molecular weight excluding hydrogens is 257 g/mol. The summed E-state index contributed by atoms with van der Waals surface area (Å²) in [5, 5.41) is 9.68. The summed E-state index contributed by atoms with van der Waals surface area (Å²) in [6.07, 6.45) is 0. The van der Waals surface area contributed by atoms with Crippen molar-refractivity contribution in [3.8, 4) is 5.75 Å². The third kappa shape index (κ3) is 3.15. The molecule has 3 nitrogen and oxygen atoms in total. The average Bonchev–Trinajstić information content (AvgIpc) is 2.45. The molecule has 0 fully saturated rings. The van der Waals surface area contributed by atoms with Gasteiger partial charge in [0.1, 0.15) is 11.6 Å². The van der Waals surface area contributed by atoms with Crippen molar-refractivity contribution < 1.29 is 14.3 Å². The molecule has 104 valence electrons. The maximum atomic E-state index is 13.0. The van der Waals surface area contributed by atoms with Gasteiger partial charge in [0.2, 0.25) is 0 Å². The van der Waals surface area contributed by atoms with Crippen LogP contribution in [0.4, 0.5) is 4.39 Å². The third-order valence-electron chi connectivity index (χ3n) is 3.08. The van der Waals surface area contributed by atoms with E-state index in [2.05, 4.69) is 0 Å². The van der Waals surface area contributed by atoms with Crippen LogP contribution in [0.15, 0.2) is 48.5 Å².